The standard InChI is InChI=1S/C15H20N2O2/c1-3-4-5-8-16-15(18)10-12-6-7-13-14(9-12)19-11(2)17-13/h6-7,9H,3-5,8,10H2,1-2H3,(H,16,18). The van der Waals surface area contributed by atoms with Gasteiger partial charge in [-0.1, -0.05) is 25.8 Å². The van der Waals surface area contributed by atoms with Gasteiger partial charge in [0.05, 0.1) is 6.42 Å². The molecule has 0 aliphatic carbocycles. The van der Waals surface area contributed by atoms with Crippen molar-refractivity contribution >= 4 is 17.0 Å². The van der Waals surface area contributed by atoms with Gasteiger partial charge in [0.2, 0.25) is 5.91 Å². The molecule has 1 aromatic carbocycles. The molecule has 1 N–H and O–H groups in total. The summed E-state index contributed by atoms with van der Waals surface area (Å²) in [6.45, 7) is 4.73. The summed E-state index contributed by atoms with van der Waals surface area (Å²) in [5.41, 5.74) is 2.54. The molecule has 102 valence electrons. The largest absolute Gasteiger partial charge is 0.441 e. The number of aromatic nitrogens is 1. The van der Waals surface area contributed by atoms with Crippen LogP contribution in [0.2, 0.25) is 0 Å². The lowest BCUT2D eigenvalue weighted by molar-refractivity contribution is -0.120. The molecule has 0 atom stereocenters. The lowest BCUT2D eigenvalue weighted by Gasteiger charge is -2.04. The maximum absolute atomic E-state index is 11.8. The number of oxazole rings is 1. The van der Waals surface area contributed by atoms with Crippen molar-refractivity contribution in [3.8, 4) is 0 Å². The second kappa shape index (κ2) is 6.36. The van der Waals surface area contributed by atoms with Crippen LogP contribution in [-0.2, 0) is 11.2 Å². The number of aryl methyl sites for hydroxylation is 1. The summed E-state index contributed by atoms with van der Waals surface area (Å²) in [5, 5.41) is 2.93. The predicted octanol–water partition coefficient (Wildman–Crippen LogP) is 2.99. The molecule has 4 nitrogen and oxygen atoms in total. The number of hydrogen-bond donors (Lipinski definition) is 1. The molecule has 0 radical (unpaired) electrons. The smallest absolute Gasteiger partial charge is 0.224 e. The molecule has 1 aromatic heterocycles. The molecule has 0 spiro atoms. The number of benzene rings is 1. The number of nitrogens with one attached hydrogen (secondary N) is 1. The topological polar surface area (TPSA) is 55.1 Å². The van der Waals surface area contributed by atoms with Crippen LogP contribution in [0.3, 0.4) is 0 Å². The highest BCUT2D eigenvalue weighted by Gasteiger charge is 2.06. The van der Waals surface area contributed by atoms with Crippen molar-refractivity contribution in [2.75, 3.05) is 6.54 Å². The highest BCUT2D eigenvalue weighted by Crippen LogP contribution is 2.17. The van der Waals surface area contributed by atoms with Gasteiger partial charge in [0.1, 0.15) is 5.52 Å². The van der Waals surface area contributed by atoms with Gasteiger partial charge in [0.25, 0.3) is 0 Å². The maximum atomic E-state index is 11.8. The van der Waals surface area contributed by atoms with Gasteiger partial charge in [-0.25, -0.2) is 4.98 Å². The van der Waals surface area contributed by atoms with E-state index in [4.69, 9.17) is 4.42 Å². The molecular formula is C15H20N2O2. The Balaban J connectivity index is 1.91. The van der Waals surface area contributed by atoms with Crippen LogP contribution < -0.4 is 5.32 Å². The number of rotatable bonds is 6. The first-order valence-electron chi connectivity index (χ1n) is 6.82. The quantitative estimate of drug-likeness (QED) is 0.812. The van der Waals surface area contributed by atoms with Crippen LogP contribution in [0.25, 0.3) is 11.1 Å². The van der Waals surface area contributed by atoms with Gasteiger partial charge >= 0.3 is 0 Å². The molecule has 1 heterocycles. The first kappa shape index (κ1) is 13.6. The fourth-order valence-corrected chi connectivity index (χ4v) is 2.04. The fourth-order valence-electron chi connectivity index (χ4n) is 2.04. The Morgan fingerprint density at radius 3 is 3.00 bits per heavy atom. The highest BCUT2D eigenvalue weighted by molar-refractivity contribution is 5.80. The van der Waals surface area contributed by atoms with Crippen molar-refractivity contribution in [1.29, 1.82) is 0 Å². The van der Waals surface area contributed by atoms with E-state index in [1.807, 2.05) is 25.1 Å². The van der Waals surface area contributed by atoms with Crippen LogP contribution in [0, 0.1) is 6.92 Å². The zero-order valence-corrected chi connectivity index (χ0v) is 11.5. The van der Waals surface area contributed by atoms with Gasteiger partial charge in [-0.05, 0) is 24.1 Å². The molecule has 0 unspecified atom stereocenters. The summed E-state index contributed by atoms with van der Waals surface area (Å²) in [6.07, 6.45) is 3.76. The highest BCUT2D eigenvalue weighted by atomic mass is 16.3. The molecule has 19 heavy (non-hydrogen) atoms. The van der Waals surface area contributed by atoms with Gasteiger partial charge in [0.15, 0.2) is 11.5 Å². The molecule has 2 aromatic rings. The predicted molar refractivity (Wildman–Crippen MR) is 75.0 cm³/mol. The van der Waals surface area contributed by atoms with E-state index in [1.165, 1.54) is 0 Å². The van der Waals surface area contributed by atoms with E-state index in [0.29, 0.717) is 12.3 Å². The molecular weight excluding hydrogens is 240 g/mol. The van der Waals surface area contributed by atoms with Crippen molar-refractivity contribution in [2.45, 2.75) is 39.5 Å². The number of hydrogen-bond acceptors (Lipinski definition) is 3. The number of unbranched alkanes of at least 4 members (excludes halogenated alkanes) is 2. The molecule has 0 aliphatic heterocycles. The van der Waals surface area contributed by atoms with E-state index in [2.05, 4.69) is 17.2 Å². The van der Waals surface area contributed by atoms with Crippen LogP contribution >= 0.6 is 0 Å². The Morgan fingerprint density at radius 2 is 2.21 bits per heavy atom. The molecule has 0 bridgehead atoms. The zero-order valence-electron chi connectivity index (χ0n) is 11.5. The van der Waals surface area contributed by atoms with E-state index < -0.39 is 0 Å². The zero-order chi connectivity index (χ0) is 13.7. The normalized spacial score (nSPS) is 10.8. The molecule has 0 aliphatic rings. The van der Waals surface area contributed by atoms with Crippen molar-refractivity contribution < 1.29 is 9.21 Å². The van der Waals surface area contributed by atoms with Crippen LogP contribution in [0.15, 0.2) is 22.6 Å². The second-order valence-electron chi connectivity index (χ2n) is 4.77. The lowest BCUT2D eigenvalue weighted by atomic mass is 10.1. The van der Waals surface area contributed by atoms with Gasteiger partial charge in [-0.3, -0.25) is 4.79 Å². The first-order valence-corrected chi connectivity index (χ1v) is 6.82. The Hall–Kier alpha value is -1.84. The van der Waals surface area contributed by atoms with E-state index >= 15 is 0 Å². The second-order valence-corrected chi connectivity index (χ2v) is 4.77. The minimum Gasteiger partial charge on any atom is -0.441 e. The minimum absolute atomic E-state index is 0.0618. The molecule has 4 heteroatoms. The number of carbonyl (C=O) groups excluding carboxylic acids is 1. The van der Waals surface area contributed by atoms with Crippen molar-refractivity contribution in [2.24, 2.45) is 0 Å². The first-order chi connectivity index (χ1) is 9.19. The number of nitrogens with zero attached hydrogens (tertiary/aromatic N) is 1. The third-order valence-corrected chi connectivity index (χ3v) is 3.03. The van der Waals surface area contributed by atoms with Crippen molar-refractivity contribution in [3.05, 3.63) is 29.7 Å². The Bertz CT molecular complexity index is 560. The summed E-state index contributed by atoms with van der Waals surface area (Å²) < 4.78 is 5.46. The third kappa shape index (κ3) is 3.81. The summed E-state index contributed by atoms with van der Waals surface area (Å²) in [4.78, 5) is 16.0. The molecule has 0 fully saturated rings. The molecule has 2 rings (SSSR count). The van der Waals surface area contributed by atoms with Crippen LogP contribution in [0.4, 0.5) is 0 Å². The van der Waals surface area contributed by atoms with Crippen LogP contribution in [-0.4, -0.2) is 17.4 Å². The Kier molecular flexibility index (Phi) is 4.55. The monoisotopic (exact) mass is 260 g/mol. The molecule has 0 saturated carbocycles. The fraction of sp³-hybridized carbons (Fsp3) is 0.467. The summed E-state index contributed by atoms with van der Waals surface area (Å²) in [5.74, 6) is 0.711. The number of carbonyl (C=O) groups is 1. The average molecular weight is 260 g/mol. The van der Waals surface area contributed by atoms with E-state index in [9.17, 15) is 4.79 Å². The summed E-state index contributed by atoms with van der Waals surface area (Å²) >= 11 is 0. The van der Waals surface area contributed by atoms with E-state index in [1.54, 1.807) is 0 Å². The van der Waals surface area contributed by atoms with Crippen LogP contribution in [0.1, 0.15) is 37.6 Å². The van der Waals surface area contributed by atoms with Crippen LogP contribution in [0.5, 0.6) is 0 Å². The molecule has 1 amide bonds. The summed E-state index contributed by atoms with van der Waals surface area (Å²) in [6, 6.07) is 5.71. The number of fused-ring (bicyclic) bond motifs is 1. The summed E-state index contributed by atoms with van der Waals surface area (Å²) in [7, 11) is 0. The van der Waals surface area contributed by atoms with Gasteiger partial charge in [-0.2, -0.15) is 0 Å². The minimum atomic E-state index is 0.0618. The lowest BCUT2D eigenvalue weighted by Crippen LogP contribution is -2.26. The van der Waals surface area contributed by atoms with Gasteiger partial charge in [0, 0.05) is 13.5 Å². The van der Waals surface area contributed by atoms with E-state index in [-0.39, 0.29) is 5.91 Å². The van der Waals surface area contributed by atoms with E-state index in [0.717, 1.165) is 42.5 Å². The number of amides is 1. The maximum Gasteiger partial charge on any atom is 0.224 e. The Labute approximate surface area is 113 Å². The van der Waals surface area contributed by atoms with Crippen molar-refractivity contribution in [3.63, 3.8) is 0 Å². The molecule has 0 saturated heterocycles. The SMILES string of the molecule is CCCCCNC(=O)Cc1ccc2nc(C)oc2c1. The third-order valence-electron chi connectivity index (χ3n) is 3.03. The van der Waals surface area contributed by atoms with Gasteiger partial charge in [-0.15, -0.1) is 0 Å². The Morgan fingerprint density at radius 1 is 1.37 bits per heavy atom. The average Bonchev–Trinajstić information content (AvgIpc) is 2.74. The van der Waals surface area contributed by atoms with Gasteiger partial charge < -0.3 is 9.73 Å². The van der Waals surface area contributed by atoms with Crippen molar-refractivity contribution in [1.82, 2.24) is 10.3 Å².